The van der Waals surface area contributed by atoms with E-state index in [2.05, 4.69) is 0 Å². The zero-order chi connectivity index (χ0) is 15.6. The molecule has 116 valence electrons. The van der Waals surface area contributed by atoms with Crippen molar-refractivity contribution in [2.75, 3.05) is 20.8 Å². The van der Waals surface area contributed by atoms with Crippen molar-refractivity contribution in [2.45, 2.75) is 17.7 Å². The Balaban J connectivity index is 2.39. The van der Waals surface area contributed by atoms with E-state index in [4.69, 9.17) is 19.3 Å². The Morgan fingerprint density at radius 1 is 1.29 bits per heavy atom. The summed E-state index contributed by atoms with van der Waals surface area (Å²) in [6.07, 6.45) is 2.09. The lowest BCUT2D eigenvalue weighted by Crippen LogP contribution is -2.16. The Bertz CT molecular complexity index is 651. The van der Waals surface area contributed by atoms with Crippen molar-refractivity contribution < 1.29 is 27.4 Å². The minimum absolute atomic E-state index is 0.0428. The average molecular weight is 315 g/mol. The fraction of sp³-hybridized carbons (Fsp3) is 0.462. The molecule has 2 N–H and O–H groups in total. The van der Waals surface area contributed by atoms with E-state index in [1.807, 2.05) is 0 Å². The van der Waals surface area contributed by atoms with Crippen LogP contribution in [-0.2, 0) is 14.8 Å². The molecule has 0 amide bonds. The Morgan fingerprint density at radius 3 is 2.43 bits per heavy atom. The predicted octanol–water partition coefficient (Wildman–Crippen LogP) is 0.918. The number of methoxy groups -OCH3 is 2. The van der Waals surface area contributed by atoms with Crippen LogP contribution >= 0.6 is 0 Å². The van der Waals surface area contributed by atoms with E-state index < -0.39 is 16.0 Å². The molecular weight excluding hydrogens is 298 g/mol. The first kappa shape index (κ1) is 15.6. The maximum Gasteiger partial charge on any atom is 0.338 e. The van der Waals surface area contributed by atoms with E-state index in [0.717, 1.165) is 18.9 Å². The van der Waals surface area contributed by atoms with Crippen molar-refractivity contribution in [3.05, 3.63) is 17.7 Å². The minimum atomic E-state index is -4.07. The number of sulfonamides is 1. The molecule has 0 aromatic heterocycles. The molecule has 0 radical (unpaired) electrons. The second-order valence-corrected chi connectivity index (χ2v) is 6.33. The SMILES string of the molecule is COc1cc(C(=O)OCC2CC2)cc(S(N)(=O)=O)c1OC. The average Bonchev–Trinajstić information content (AvgIpc) is 3.26. The summed E-state index contributed by atoms with van der Waals surface area (Å²) in [6.45, 7) is 0.331. The van der Waals surface area contributed by atoms with Crippen molar-refractivity contribution >= 4 is 16.0 Å². The molecule has 2 rings (SSSR count). The van der Waals surface area contributed by atoms with Crippen LogP contribution in [0.3, 0.4) is 0 Å². The molecule has 1 aromatic rings. The van der Waals surface area contributed by atoms with Crippen LogP contribution < -0.4 is 14.6 Å². The number of primary sulfonamides is 1. The van der Waals surface area contributed by atoms with Crippen LogP contribution in [0.4, 0.5) is 0 Å². The molecule has 21 heavy (non-hydrogen) atoms. The molecule has 1 saturated carbocycles. The van der Waals surface area contributed by atoms with Gasteiger partial charge < -0.3 is 14.2 Å². The first-order valence-corrected chi connectivity index (χ1v) is 7.87. The maximum absolute atomic E-state index is 12.0. The number of hydrogen-bond acceptors (Lipinski definition) is 6. The molecule has 0 aliphatic heterocycles. The smallest absolute Gasteiger partial charge is 0.338 e. The van der Waals surface area contributed by atoms with Gasteiger partial charge in [-0.15, -0.1) is 0 Å². The van der Waals surface area contributed by atoms with Crippen LogP contribution in [0.25, 0.3) is 0 Å². The van der Waals surface area contributed by atoms with Gasteiger partial charge in [0.15, 0.2) is 11.5 Å². The van der Waals surface area contributed by atoms with Gasteiger partial charge in [0.1, 0.15) is 4.90 Å². The highest BCUT2D eigenvalue weighted by molar-refractivity contribution is 7.89. The van der Waals surface area contributed by atoms with Crippen LogP contribution in [0.1, 0.15) is 23.2 Å². The maximum atomic E-state index is 12.0. The number of esters is 1. The first-order chi connectivity index (χ1) is 9.86. The van der Waals surface area contributed by atoms with E-state index in [-0.39, 0.29) is 22.0 Å². The van der Waals surface area contributed by atoms with Crippen LogP contribution in [0.15, 0.2) is 17.0 Å². The molecule has 1 aromatic carbocycles. The lowest BCUT2D eigenvalue weighted by molar-refractivity contribution is 0.0485. The van der Waals surface area contributed by atoms with Crippen LogP contribution in [0.5, 0.6) is 11.5 Å². The summed E-state index contributed by atoms with van der Waals surface area (Å²) in [7, 11) is -1.44. The number of ether oxygens (including phenoxy) is 3. The summed E-state index contributed by atoms with van der Waals surface area (Å²) in [5, 5.41) is 5.14. The third-order valence-corrected chi connectivity index (χ3v) is 4.05. The van der Waals surface area contributed by atoms with Crippen molar-refractivity contribution in [1.82, 2.24) is 0 Å². The quantitative estimate of drug-likeness (QED) is 0.783. The third kappa shape index (κ3) is 3.64. The van der Waals surface area contributed by atoms with Gasteiger partial charge in [0.05, 0.1) is 26.4 Å². The summed E-state index contributed by atoms with van der Waals surface area (Å²) >= 11 is 0. The van der Waals surface area contributed by atoms with Gasteiger partial charge in [-0.25, -0.2) is 18.4 Å². The van der Waals surface area contributed by atoms with Gasteiger partial charge in [0.25, 0.3) is 0 Å². The molecule has 1 aliphatic rings. The molecule has 0 bridgehead atoms. The van der Waals surface area contributed by atoms with Gasteiger partial charge in [0.2, 0.25) is 10.0 Å². The standard InChI is InChI=1S/C13H17NO6S/c1-18-10-5-9(13(15)20-7-8-3-4-8)6-11(12(10)19-2)21(14,16)17/h5-6,8H,3-4,7H2,1-2H3,(H2,14,16,17). The van der Waals surface area contributed by atoms with Crippen molar-refractivity contribution in [2.24, 2.45) is 11.1 Å². The van der Waals surface area contributed by atoms with Crippen LogP contribution in [0.2, 0.25) is 0 Å². The molecule has 0 spiro atoms. The zero-order valence-corrected chi connectivity index (χ0v) is 12.6. The Morgan fingerprint density at radius 2 is 1.95 bits per heavy atom. The molecule has 1 fully saturated rings. The topological polar surface area (TPSA) is 105 Å². The molecular formula is C13H17NO6S. The van der Waals surface area contributed by atoms with E-state index in [1.165, 1.54) is 20.3 Å². The summed E-state index contributed by atoms with van der Waals surface area (Å²) in [5.41, 5.74) is 0.0531. The van der Waals surface area contributed by atoms with Crippen LogP contribution in [-0.4, -0.2) is 35.2 Å². The van der Waals surface area contributed by atoms with Crippen LogP contribution in [0, 0.1) is 5.92 Å². The number of rotatable bonds is 6. The second kappa shape index (κ2) is 5.90. The lowest BCUT2D eigenvalue weighted by Gasteiger charge is -2.13. The zero-order valence-electron chi connectivity index (χ0n) is 11.8. The molecule has 1 aliphatic carbocycles. The normalized spacial score (nSPS) is 14.6. The highest BCUT2D eigenvalue weighted by atomic mass is 32.2. The Kier molecular flexibility index (Phi) is 4.38. The Hall–Kier alpha value is -1.80. The van der Waals surface area contributed by atoms with Gasteiger partial charge in [-0.1, -0.05) is 0 Å². The highest BCUT2D eigenvalue weighted by Crippen LogP contribution is 2.35. The number of nitrogens with two attached hydrogens (primary N) is 1. The minimum Gasteiger partial charge on any atom is -0.493 e. The molecule has 0 atom stereocenters. The molecule has 0 heterocycles. The van der Waals surface area contributed by atoms with E-state index >= 15 is 0 Å². The number of carbonyl (C=O) groups is 1. The van der Waals surface area contributed by atoms with Gasteiger partial charge in [-0.2, -0.15) is 0 Å². The number of hydrogen-bond donors (Lipinski definition) is 1. The molecule has 7 nitrogen and oxygen atoms in total. The van der Waals surface area contributed by atoms with E-state index in [0.29, 0.717) is 12.5 Å². The second-order valence-electron chi connectivity index (χ2n) is 4.80. The number of carbonyl (C=O) groups excluding carboxylic acids is 1. The van der Waals surface area contributed by atoms with Crippen molar-refractivity contribution in [1.29, 1.82) is 0 Å². The molecule has 0 unspecified atom stereocenters. The Labute approximate surface area is 123 Å². The molecule has 8 heteroatoms. The largest absolute Gasteiger partial charge is 0.493 e. The van der Waals surface area contributed by atoms with Gasteiger partial charge >= 0.3 is 5.97 Å². The van der Waals surface area contributed by atoms with Gasteiger partial charge in [-0.3, -0.25) is 0 Å². The number of benzene rings is 1. The van der Waals surface area contributed by atoms with Crippen molar-refractivity contribution in [3.8, 4) is 11.5 Å². The van der Waals surface area contributed by atoms with Crippen molar-refractivity contribution in [3.63, 3.8) is 0 Å². The summed E-state index contributed by atoms with van der Waals surface area (Å²) < 4.78 is 38.4. The summed E-state index contributed by atoms with van der Waals surface area (Å²) in [4.78, 5) is 11.7. The summed E-state index contributed by atoms with van der Waals surface area (Å²) in [6, 6.07) is 2.49. The molecule has 0 saturated heterocycles. The van der Waals surface area contributed by atoms with Gasteiger partial charge in [0, 0.05) is 0 Å². The van der Waals surface area contributed by atoms with Gasteiger partial charge in [-0.05, 0) is 30.9 Å². The monoisotopic (exact) mass is 315 g/mol. The fourth-order valence-corrected chi connectivity index (χ4v) is 2.55. The lowest BCUT2D eigenvalue weighted by atomic mass is 10.2. The third-order valence-electron chi connectivity index (χ3n) is 3.13. The predicted molar refractivity (Wildman–Crippen MR) is 73.9 cm³/mol. The summed E-state index contributed by atoms with van der Waals surface area (Å²) in [5.74, 6) is -0.152. The van der Waals surface area contributed by atoms with E-state index in [1.54, 1.807) is 0 Å². The first-order valence-electron chi connectivity index (χ1n) is 6.32. The fourth-order valence-electron chi connectivity index (χ4n) is 1.82. The van der Waals surface area contributed by atoms with E-state index in [9.17, 15) is 13.2 Å². The highest BCUT2D eigenvalue weighted by Gasteiger charge is 2.26.